The van der Waals surface area contributed by atoms with Crippen LogP contribution in [0.3, 0.4) is 0 Å². The molecule has 6 aliphatic heterocycles. The normalized spacial score (nSPS) is 31.0. The summed E-state index contributed by atoms with van der Waals surface area (Å²) in [5.41, 5.74) is -1.96. The summed E-state index contributed by atoms with van der Waals surface area (Å²) in [6.07, 6.45) is 1.32. The number of amides is 2. The van der Waals surface area contributed by atoms with Gasteiger partial charge in [-0.2, -0.15) is 9.78 Å². The summed E-state index contributed by atoms with van der Waals surface area (Å²) >= 11 is 0. The molecule has 0 aliphatic carbocycles. The monoisotopic (exact) mass is 652 g/mol. The molecule has 0 radical (unpaired) electrons. The number of epoxide rings is 1. The molecule has 6 heterocycles. The molecule has 17 heteroatoms. The van der Waals surface area contributed by atoms with Crippen molar-refractivity contribution in [3.63, 3.8) is 0 Å². The van der Waals surface area contributed by atoms with E-state index in [-0.39, 0.29) is 65.2 Å². The number of ether oxygens (including phenoxy) is 7. The van der Waals surface area contributed by atoms with Gasteiger partial charge < -0.3 is 43.8 Å². The van der Waals surface area contributed by atoms with Crippen LogP contribution in [0.2, 0.25) is 0 Å². The van der Waals surface area contributed by atoms with E-state index in [0.29, 0.717) is 0 Å². The first kappa shape index (κ1) is 34.7. The predicted octanol–water partition coefficient (Wildman–Crippen LogP) is -1.16. The van der Waals surface area contributed by atoms with E-state index >= 15 is 0 Å². The fourth-order valence-corrected chi connectivity index (χ4v) is 5.54. The van der Waals surface area contributed by atoms with Crippen LogP contribution < -0.4 is 10.6 Å². The van der Waals surface area contributed by atoms with Gasteiger partial charge in [-0.05, 0) is 19.9 Å². The second-order valence-corrected chi connectivity index (χ2v) is 11.2. The lowest BCUT2D eigenvalue weighted by atomic mass is 9.81. The van der Waals surface area contributed by atoms with Crippen LogP contribution in [0.4, 0.5) is 0 Å². The third kappa shape index (κ3) is 6.41. The molecule has 46 heavy (non-hydrogen) atoms. The van der Waals surface area contributed by atoms with Crippen molar-refractivity contribution in [1.82, 2.24) is 10.6 Å². The zero-order chi connectivity index (χ0) is 34.2. The number of hydrogen-bond acceptors (Lipinski definition) is 15. The summed E-state index contributed by atoms with van der Waals surface area (Å²) in [7, 11) is 4.88. The van der Waals surface area contributed by atoms with Crippen LogP contribution >= 0.6 is 0 Å². The first-order valence-corrected chi connectivity index (χ1v) is 14.0. The van der Waals surface area contributed by atoms with Gasteiger partial charge in [0.15, 0.2) is 0 Å². The first-order valence-electron chi connectivity index (χ1n) is 14.0. The van der Waals surface area contributed by atoms with Crippen molar-refractivity contribution in [2.24, 2.45) is 0 Å². The average Bonchev–Trinajstić information content (AvgIpc) is 3.80. The molecule has 252 valence electrons. The minimum Gasteiger partial charge on any atom is -0.466 e. The number of hydrogen-bond donors (Lipinski definition) is 2. The van der Waals surface area contributed by atoms with Crippen molar-refractivity contribution in [2.45, 2.75) is 69.1 Å². The van der Waals surface area contributed by atoms with Crippen molar-refractivity contribution >= 4 is 35.7 Å². The third-order valence-electron chi connectivity index (χ3n) is 7.66. The molecular weight excluding hydrogens is 616 g/mol. The predicted molar refractivity (Wildman–Crippen MR) is 149 cm³/mol. The van der Waals surface area contributed by atoms with Crippen molar-refractivity contribution in [2.75, 3.05) is 41.5 Å². The Hall–Kier alpha value is -4.16. The van der Waals surface area contributed by atoms with Crippen molar-refractivity contribution in [1.29, 1.82) is 0 Å². The molecule has 2 amide bonds. The van der Waals surface area contributed by atoms with E-state index < -0.39 is 47.3 Å². The van der Waals surface area contributed by atoms with Crippen molar-refractivity contribution in [3.8, 4) is 0 Å². The molecule has 6 aliphatic rings. The van der Waals surface area contributed by atoms with E-state index in [4.69, 9.17) is 28.4 Å². The molecule has 0 aromatic heterocycles. The zero-order valence-electron chi connectivity index (χ0n) is 26.5. The van der Waals surface area contributed by atoms with Gasteiger partial charge in [0.2, 0.25) is 17.6 Å². The Morgan fingerprint density at radius 3 is 1.74 bits per heavy atom. The number of carbonyl (C=O) groups is 6. The molecule has 0 aromatic carbocycles. The molecule has 0 aromatic rings. The van der Waals surface area contributed by atoms with Gasteiger partial charge in [-0.25, -0.2) is 19.2 Å². The number of carbonyl (C=O) groups excluding carboxylic acids is 6. The van der Waals surface area contributed by atoms with E-state index in [0.717, 1.165) is 0 Å². The highest BCUT2D eigenvalue weighted by Gasteiger charge is 2.76. The average molecular weight is 653 g/mol. The van der Waals surface area contributed by atoms with Crippen LogP contribution in [0, 0.1) is 0 Å². The standard InChI is InChI=1S/C13H15NO7.C13H15NO6.C3H6O2/c1-5(15)14-4-13-7(12(17)19-3)6(11(16)18-2)8(21-13)9-10(13)20-9;1-7(15)14-6-13-5-4-8(20-13)9(11(16)18-2)10(13)12(17)19-3;1-3(2)4-5-3/h8-10H,4H2,1-3H3,(H,14,15);4-5,8H,6H2,1-3H3,(H,14,15);1-2H3. The highest BCUT2D eigenvalue weighted by molar-refractivity contribution is 6.06. The van der Waals surface area contributed by atoms with Crippen LogP contribution in [-0.2, 0) is 71.7 Å². The second kappa shape index (κ2) is 12.9. The highest BCUT2D eigenvalue weighted by Crippen LogP contribution is 2.58. The van der Waals surface area contributed by atoms with Gasteiger partial charge in [0.05, 0.1) is 63.8 Å². The van der Waals surface area contributed by atoms with E-state index in [1.54, 1.807) is 12.2 Å². The highest BCUT2D eigenvalue weighted by atomic mass is 17.4. The second-order valence-electron chi connectivity index (χ2n) is 11.2. The van der Waals surface area contributed by atoms with E-state index in [9.17, 15) is 28.8 Å². The molecule has 6 unspecified atom stereocenters. The van der Waals surface area contributed by atoms with Gasteiger partial charge in [-0.3, -0.25) is 9.59 Å². The molecule has 3 fully saturated rings. The summed E-state index contributed by atoms with van der Waals surface area (Å²) in [5, 5.41) is 5.19. The lowest BCUT2D eigenvalue weighted by Crippen LogP contribution is -2.49. The third-order valence-corrected chi connectivity index (χ3v) is 7.66. The Morgan fingerprint density at radius 1 is 0.739 bits per heavy atom. The van der Waals surface area contributed by atoms with Gasteiger partial charge in [0.25, 0.3) is 0 Å². The fraction of sp³-hybridized carbons (Fsp3) is 0.586. The zero-order valence-corrected chi connectivity index (χ0v) is 26.5. The van der Waals surface area contributed by atoms with Crippen LogP contribution in [0.25, 0.3) is 0 Å². The Bertz CT molecular complexity index is 1420. The summed E-state index contributed by atoms with van der Waals surface area (Å²) in [4.78, 5) is 78.9. The van der Waals surface area contributed by atoms with Crippen molar-refractivity contribution in [3.05, 3.63) is 34.4 Å². The Morgan fingerprint density at radius 2 is 1.24 bits per heavy atom. The summed E-state index contributed by atoms with van der Waals surface area (Å²) in [6.45, 7) is 6.49. The van der Waals surface area contributed by atoms with Crippen LogP contribution in [0.15, 0.2) is 34.4 Å². The molecule has 0 saturated carbocycles. The molecule has 2 N–H and O–H groups in total. The molecule has 4 bridgehead atoms. The Balaban J connectivity index is 0.000000181. The number of methoxy groups -OCH3 is 4. The lowest BCUT2D eigenvalue weighted by molar-refractivity contribution is -0.140. The Labute approximate surface area is 263 Å². The quantitative estimate of drug-likeness (QED) is 0.104. The maximum atomic E-state index is 12.1. The molecule has 6 atom stereocenters. The maximum absolute atomic E-state index is 12.1. The summed E-state index contributed by atoms with van der Waals surface area (Å²) in [5.74, 6) is -3.46. The molecule has 6 rings (SSSR count). The minimum atomic E-state index is -1.18. The maximum Gasteiger partial charge on any atom is 0.337 e. The molecule has 0 spiro atoms. The van der Waals surface area contributed by atoms with Crippen molar-refractivity contribution < 1.29 is 71.7 Å². The largest absolute Gasteiger partial charge is 0.466 e. The molecule has 17 nitrogen and oxygen atoms in total. The van der Waals surface area contributed by atoms with Crippen LogP contribution in [-0.4, -0.2) is 119 Å². The van der Waals surface area contributed by atoms with E-state index in [1.165, 1.54) is 42.3 Å². The van der Waals surface area contributed by atoms with Gasteiger partial charge in [0, 0.05) is 13.8 Å². The fourth-order valence-electron chi connectivity index (χ4n) is 5.54. The summed E-state index contributed by atoms with van der Waals surface area (Å²) in [6, 6.07) is 0. The van der Waals surface area contributed by atoms with Gasteiger partial charge in [-0.1, -0.05) is 6.08 Å². The smallest absolute Gasteiger partial charge is 0.337 e. The lowest BCUT2D eigenvalue weighted by Gasteiger charge is -2.27. The summed E-state index contributed by atoms with van der Waals surface area (Å²) < 4.78 is 35.9. The van der Waals surface area contributed by atoms with E-state index in [2.05, 4.69) is 25.1 Å². The van der Waals surface area contributed by atoms with E-state index in [1.807, 2.05) is 13.8 Å². The SMILES string of the molecule is CC1(C)OO1.COC(=O)C1=C(C(=O)OC)C2(CNC(C)=O)C=CC1O2.COC(=O)C1=C(C(=O)OC)C2(CNC(C)=O)OC1C1OC12. The Kier molecular flexibility index (Phi) is 9.75. The number of rotatable bonds is 8. The number of nitrogens with one attached hydrogen (secondary N) is 2. The number of fused-ring (bicyclic) bond motifs is 7. The minimum absolute atomic E-state index is 0.0327. The van der Waals surface area contributed by atoms with Crippen LogP contribution in [0.5, 0.6) is 0 Å². The van der Waals surface area contributed by atoms with Gasteiger partial charge in [0.1, 0.15) is 35.6 Å². The van der Waals surface area contributed by atoms with Gasteiger partial charge in [-0.15, -0.1) is 0 Å². The molecular formula is C29H36N2O15. The van der Waals surface area contributed by atoms with Gasteiger partial charge >= 0.3 is 23.9 Å². The van der Waals surface area contributed by atoms with Crippen LogP contribution in [0.1, 0.15) is 27.7 Å². The number of esters is 4. The molecule has 3 saturated heterocycles. The first-order chi connectivity index (χ1) is 21.6. The topological polar surface area (TPSA) is 219 Å².